The van der Waals surface area contributed by atoms with Gasteiger partial charge in [0.1, 0.15) is 0 Å². The van der Waals surface area contributed by atoms with E-state index in [9.17, 15) is 13.2 Å². The van der Waals surface area contributed by atoms with Gasteiger partial charge in [-0.1, -0.05) is 50.9 Å². The first-order valence-corrected chi connectivity index (χ1v) is 13.3. The van der Waals surface area contributed by atoms with Crippen LogP contribution in [0.15, 0.2) is 51.9 Å². The first-order valence-electron chi connectivity index (χ1n) is 8.92. The third-order valence-electron chi connectivity index (χ3n) is 4.69. The van der Waals surface area contributed by atoms with Crippen molar-refractivity contribution in [1.29, 1.82) is 0 Å². The number of anilines is 2. The van der Waals surface area contributed by atoms with Crippen LogP contribution in [0.25, 0.3) is 0 Å². The number of thioether (sulfide) groups is 1. The van der Waals surface area contributed by atoms with Crippen LogP contribution in [0, 0.1) is 0 Å². The summed E-state index contributed by atoms with van der Waals surface area (Å²) in [5.41, 5.74) is 1.36. The molecule has 0 unspecified atom stereocenters. The smallest absolute Gasteiger partial charge is 0.234 e. The van der Waals surface area contributed by atoms with Crippen LogP contribution in [-0.2, 0) is 14.6 Å². The maximum Gasteiger partial charge on any atom is 0.234 e. The van der Waals surface area contributed by atoms with E-state index < -0.39 is 9.84 Å². The summed E-state index contributed by atoms with van der Waals surface area (Å²) in [5.74, 6) is -0.0528. The summed E-state index contributed by atoms with van der Waals surface area (Å²) in [4.78, 5) is 18.8. The topological polar surface area (TPSA) is 78.8 Å². The number of benzene rings is 2. The number of rotatable bonds is 4. The third-order valence-corrected chi connectivity index (χ3v) is 8.32. The van der Waals surface area contributed by atoms with E-state index in [2.05, 4.69) is 26.2 Å². The highest BCUT2D eigenvalue weighted by Gasteiger charge is 2.47. The number of aliphatic imine (C=N–C) groups is 1. The number of halogens is 3. The molecule has 6 nitrogen and oxygen atoms in total. The summed E-state index contributed by atoms with van der Waals surface area (Å²) in [5, 5.41) is 4.31. The lowest BCUT2D eigenvalue weighted by atomic mass is 10.1. The molecule has 0 aromatic heterocycles. The SMILES string of the molecule is O=C(CSC1=N[C@H]2CS(=O)(=O)C[C@@H]2N1c1cc(Cl)cc(Cl)c1)Nc1ccc(Br)cc1. The Bertz CT molecular complexity index is 1110. The van der Waals surface area contributed by atoms with Crippen molar-refractivity contribution in [3.05, 3.63) is 57.0 Å². The van der Waals surface area contributed by atoms with Crippen LogP contribution in [0.3, 0.4) is 0 Å². The fourth-order valence-electron chi connectivity index (χ4n) is 3.47. The molecule has 1 fully saturated rings. The van der Waals surface area contributed by atoms with Crippen LogP contribution in [-0.4, -0.2) is 48.8 Å². The van der Waals surface area contributed by atoms with E-state index in [1.54, 1.807) is 30.3 Å². The number of amides is 1. The second-order valence-corrected chi connectivity index (χ2v) is 11.8. The number of nitrogens with zero attached hydrogens (tertiary/aromatic N) is 2. The molecule has 2 aliphatic heterocycles. The highest BCUT2D eigenvalue weighted by Crippen LogP contribution is 2.37. The quantitative estimate of drug-likeness (QED) is 0.610. The standard InChI is InChI=1S/C19H16BrCl2N3O3S2/c20-11-1-3-14(4-2-11)23-18(26)8-29-19-24-16-9-30(27,28)10-17(16)25(19)15-6-12(21)5-13(22)7-15/h1-7,16-17H,8-10H2,(H,23,26)/t16-,17-/m0/s1. The zero-order chi connectivity index (χ0) is 21.5. The number of fused-ring (bicyclic) bond motifs is 1. The van der Waals surface area contributed by atoms with E-state index in [4.69, 9.17) is 23.2 Å². The van der Waals surface area contributed by atoms with E-state index in [0.29, 0.717) is 26.6 Å². The first kappa shape index (κ1) is 22.0. The fourth-order valence-corrected chi connectivity index (χ4v) is 7.02. The van der Waals surface area contributed by atoms with Gasteiger partial charge in [0.05, 0.1) is 29.3 Å². The Morgan fingerprint density at radius 3 is 2.50 bits per heavy atom. The molecule has 0 saturated carbocycles. The predicted molar refractivity (Wildman–Crippen MR) is 128 cm³/mol. The number of hydrogen-bond acceptors (Lipinski definition) is 6. The summed E-state index contributed by atoms with van der Waals surface area (Å²) >= 11 is 16.9. The average molecular weight is 549 g/mol. The van der Waals surface area contributed by atoms with Crippen LogP contribution in [0.1, 0.15) is 0 Å². The maximum absolute atomic E-state index is 12.4. The summed E-state index contributed by atoms with van der Waals surface area (Å²) in [6.07, 6.45) is 0. The van der Waals surface area contributed by atoms with E-state index >= 15 is 0 Å². The van der Waals surface area contributed by atoms with Crippen molar-refractivity contribution < 1.29 is 13.2 Å². The Balaban J connectivity index is 1.52. The van der Waals surface area contributed by atoms with Gasteiger partial charge in [-0.2, -0.15) is 0 Å². The largest absolute Gasteiger partial charge is 0.325 e. The Labute approximate surface area is 197 Å². The van der Waals surface area contributed by atoms with Gasteiger partial charge in [-0.3, -0.25) is 9.79 Å². The number of sulfone groups is 1. The summed E-state index contributed by atoms with van der Waals surface area (Å²) in [6.45, 7) is 0. The molecule has 30 heavy (non-hydrogen) atoms. The lowest BCUT2D eigenvalue weighted by Crippen LogP contribution is -2.39. The molecule has 0 radical (unpaired) electrons. The first-order chi connectivity index (χ1) is 14.2. The molecule has 2 aliphatic rings. The molecule has 11 heteroatoms. The molecule has 2 aromatic rings. The van der Waals surface area contributed by atoms with Crippen LogP contribution in [0.5, 0.6) is 0 Å². The number of nitrogens with one attached hydrogen (secondary N) is 1. The normalized spacial score (nSPS) is 22.0. The maximum atomic E-state index is 12.4. The van der Waals surface area contributed by atoms with Crippen molar-refractivity contribution >= 4 is 83.2 Å². The van der Waals surface area contributed by atoms with Gasteiger partial charge < -0.3 is 10.2 Å². The van der Waals surface area contributed by atoms with E-state index in [1.807, 2.05) is 17.0 Å². The van der Waals surface area contributed by atoms with Gasteiger partial charge in [0.25, 0.3) is 0 Å². The van der Waals surface area contributed by atoms with Gasteiger partial charge in [-0.05, 0) is 42.5 Å². The Hall–Kier alpha value is -1.26. The Morgan fingerprint density at radius 1 is 1.17 bits per heavy atom. The molecule has 2 atom stereocenters. The van der Waals surface area contributed by atoms with Crippen LogP contribution >= 0.6 is 50.9 Å². The van der Waals surface area contributed by atoms with Crippen molar-refractivity contribution in [2.24, 2.45) is 4.99 Å². The minimum absolute atomic E-state index is 0.000445. The molecule has 158 valence electrons. The molecule has 4 rings (SSSR count). The van der Waals surface area contributed by atoms with Crippen LogP contribution in [0.2, 0.25) is 10.0 Å². The van der Waals surface area contributed by atoms with E-state index in [0.717, 1.165) is 4.47 Å². The molecule has 1 amide bonds. The second kappa shape index (κ2) is 8.70. The second-order valence-electron chi connectivity index (χ2n) is 6.96. The lowest BCUT2D eigenvalue weighted by molar-refractivity contribution is -0.113. The van der Waals surface area contributed by atoms with E-state index in [-0.39, 0.29) is 35.2 Å². The molecule has 0 aliphatic carbocycles. The molecule has 1 N–H and O–H groups in total. The lowest BCUT2D eigenvalue weighted by Gasteiger charge is -2.26. The zero-order valence-corrected chi connectivity index (χ0v) is 20.1. The predicted octanol–water partition coefficient (Wildman–Crippen LogP) is 4.47. The van der Waals surface area contributed by atoms with Gasteiger partial charge in [-0.15, -0.1) is 0 Å². The van der Waals surface area contributed by atoms with Gasteiger partial charge in [0, 0.05) is 25.9 Å². The highest BCUT2D eigenvalue weighted by atomic mass is 79.9. The molecule has 0 bridgehead atoms. The third kappa shape index (κ3) is 4.96. The van der Waals surface area contributed by atoms with E-state index in [1.165, 1.54) is 11.8 Å². The van der Waals surface area contributed by atoms with Crippen LogP contribution in [0.4, 0.5) is 11.4 Å². The molecule has 0 spiro atoms. The molecule has 2 heterocycles. The molecular weight excluding hydrogens is 533 g/mol. The molecular formula is C19H16BrCl2N3O3S2. The summed E-state index contributed by atoms with van der Waals surface area (Å²) < 4.78 is 25.2. The minimum atomic E-state index is -3.17. The fraction of sp³-hybridized carbons (Fsp3) is 0.263. The monoisotopic (exact) mass is 547 g/mol. The zero-order valence-electron chi connectivity index (χ0n) is 15.4. The average Bonchev–Trinajstić information content (AvgIpc) is 3.12. The summed E-state index contributed by atoms with van der Waals surface area (Å²) in [6, 6.07) is 11.6. The Kier molecular flexibility index (Phi) is 6.37. The van der Waals surface area contributed by atoms with Crippen molar-refractivity contribution in [2.45, 2.75) is 12.1 Å². The van der Waals surface area contributed by atoms with Crippen molar-refractivity contribution in [1.82, 2.24) is 0 Å². The van der Waals surface area contributed by atoms with Gasteiger partial charge in [0.15, 0.2) is 15.0 Å². The number of hydrogen-bond donors (Lipinski definition) is 1. The van der Waals surface area contributed by atoms with Gasteiger partial charge in [0.2, 0.25) is 5.91 Å². The van der Waals surface area contributed by atoms with Gasteiger partial charge in [-0.25, -0.2) is 8.42 Å². The summed E-state index contributed by atoms with van der Waals surface area (Å²) in [7, 11) is -3.17. The molecule has 2 aromatic carbocycles. The van der Waals surface area contributed by atoms with Gasteiger partial charge >= 0.3 is 0 Å². The van der Waals surface area contributed by atoms with Crippen molar-refractivity contribution in [3.63, 3.8) is 0 Å². The number of carbonyl (C=O) groups is 1. The Morgan fingerprint density at radius 2 is 1.83 bits per heavy atom. The minimum Gasteiger partial charge on any atom is -0.325 e. The van der Waals surface area contributed by atoms with Crippen molar-refractivity contribution in [2.75, 3.05) is 27.5 Å². The number of amidine groups is 1. The molecule has 1 saturated heterocycles. The van der Waals surface area contributed by atoms with Crippen molar-refractivity contribution in [3.8, 4) is 0 Å². The highest BCUT2D eigenvalue weighted by molar-refractivity contribution is 9.10. The van der Waals surface area contributed by atoms with Crippen LogP contribution < -0.4 is 10.2 Å². The number of carbonyl (C=O) groups excluding carboxylic acids is 1.